The first kappa shape index (κ1) is 13.7. The summed E-state index contributed by atoms with van der Waals surface area (Å²) in [5.41, 5.74) is 0. The van der Waals surface area contributed by atoms with Gasteiger partial charge in [-0.05, 0) is 52.2 Å². The Morgan fingerprint density at radius 3 is 2.45 bits per heavy atom. The lowest BCUT2D eigenvalue weighted by Gasteiger charge is -2.32. The van der Waals surface area contributed by atoms with Crippen molar-refractivity contribution in [1.29, 1.82) is 0 Å². The Labute approximate surface area is 119 Å². The highest BCUT2D eigenvalue weighted by Gasteiger charge is 2.51. The van der Waals surface area contributed by atoms with Crippen molar-refractivity contribution >= 4 is 12.0 Å². The van der Waals surface area contributed by atoms with Gasteiger partial charge in [0, 0.05) is 18.1 Å². The summed E-state index contributed by atoms with van der Waals surface area (Å²) in [6.45, 7) is 2.02. The van der Waals surface area contributed by atoms with Crippen LogP contribution >= 0.6 is 0 Å². The normalized spacial score (nSPS) is 34.5. The number of carboxylic acid groups (broad SMARTS) is 1. The number of urea groups is 1. The summed E-state index contributed by atoms with van der Waals surface area (Å²) in [7, 11) is 2.09. The second-order valence-corrected chi connectivity index (χ2v) is 6.41. The van der Waals surface area contributed by atoms with E-state index in [2.05, 4.69) is 17.3 Å². The Morgan fingerprint density at radius 2 is 1.85 bits per heavy atom. The van der Waals surface area contributed by atoms with Gasteiger partial charge in [0.2, 0.25) is 0 Å². The molecule has 0 spiro atoms. The first-order chi connectivity index (χ1) is 9.56. The molecule has 3 aliphatic heterocycles. The number of hydrogen-bond donors (Lipinski definition) is 2. The molecule has 6 nitrogen and oxygen atoms in total. The van der Waals surface area contributed by atoms with Crippen molar-refractivity contribution < 1.29 is 14.7 Å². The van der Waals surface area contributed by atoms with Gasteiger partial charge >= 0.3 is 12.0 Å². The summed E-state index contributed by atoms with van der Waals surface area (Å²) in [5.74, 6) is -1.12. The summed E-state index contributed by atoms with van der Waals surface area (Å²) >= 11 is 0. The van der Waals surface area contributed by atoms with Crippen LogP contribution in [0.2, 0.25) is 0 Å². The molecule has 3 atom stereocenters. The molecular weight excluding hydrogens is 258 g/mol. The number of fused-ring (bicyclic) bond motifs is 2. The fourth-order valence-electron chi connectivity index (χ4n) is 3.97. The van der Waals surface area contributed by atoms with E-state index < -0.39 is 5.97 Å². The van der Waals surface area contributed by atoms with Crippen LogP contribution in [0.15, 0.2) is 0 Å². The summed E-state index contributed by atoms with van der Waals surface area (Å²) in [4.78, 5) is 27.7. The molecule has 3 aliphatic rings. The van der Waals surface area contributed by atoms with E-state index in [1.807, 2.05) is 4.90 Å². The second-order valence-electron chi connectivity index (χ2n) is 6.41. The van der Waals surface area contributed by atoms with E-state index in [4.69, 9.17) is 0 Å². The van der Waals surface area contributed by atoms with Gasteiger partial charge in [-0.25, -0.2) is 4.79 Å². The predicted molar refractivity (Wildman–Crippen MR) is 73.4 cm³/mol. The number of hydrogen-bond acceptors (Lipinski definition) is 3. The van der Waals surface area contributed by atoms with Gasteiger partial charge in [0.05, 0.1) is 5.92 Å². The van der Waals surface area contributed by atoms with E-state index in [1.165, 1.54) is 0 Å². The van der Waals surface area contributed by atoms with Gasteiger partial charge in [-0.1, -0.05) is 0 Å². The standard InChI is InChI=1S/C14H23N3O3/c1-16-6-4-9(5-7-16)15-14(20)17-10-2-3-12(17)11(8-10)13(18)19/h9-12H,2-8H2,1H3,(H,15,20)(H,18,19). The summed E-state index contributed by atoms with van der Waals surface area (Å²) in [6, 6.07) is 0.230. The van der Waals surface area contributed by atoms with Gasteiger partial charge in [-0.2, -0.15) is 0 Å². The maximum atomic E-state index is 12.4. The van der Waals surface area contributed by atoms with Gasteiger partial charge in [0.1, 0.15) is 0 Å². The van der Waals surface area contributed by atoms with E-state index in [-0.39, 0.29) is 30.1 Å². The first-order valence-electron chi connectivity index (χ1n) is 7.56. The quantitative estimate of drug-likeness (QED) is 0.782. The minimum Gasteiger partial charge on any atom is -0.481 e. The van der Waals surface area contributed by atoms with Crippen LogP contribution in [0.4, 0.5) is 4.79 Å². The molecule has 0 saturated carbocycles. The van der Waals surface area contributed by atoms with Crippen LogP contribution in [-0.2, 0) is 4.79 Å². The van der Waals surface area contributed by atoms with Crippen molar-refractivity contribution in [2.24, 2.45) is 5.92 Å². The molecule has 0 aromatic carbocycles. The molecule has 3 unspecified atom stereocenters. The zero-order valence-electron chi connectivity index (χ0n) is 11.9. The van der Waals surface area contributed by atoms with E-state index in [1.54, 1.807) is 0 Å². The molecule has 20 heavy (non-hydrogen) atoms. The smallest absolute Gasteiger partial charge is 0.318 e. The summed E-state index contributed by atoms with van der Waals surface area (Å²) in [6.07, 6.45) is 4.38. The largest absolute Gasteiger partial charge is 0.481 e. The summed E-state index contributed by atoms with van der Waals surface area (Å²) < 4.78 is 0. The van der Waals surface area contributed by atoms with Crippen molar-refractivity contribution in [1.82, 2.24) is 15.1 Å². The highest BCUT2D eigenvalue weighted by atomic mass is 16.4. The topological polar surface area (TPSA) is 72.9 Å². The Hall–Kier alpha value is -1.30. The van der Waals surface area contributed by atoms with Gasteiger partial charge in [-0.3, -0.25) is 4.79 Å². The number of amides is 2. The van der Waals surface area contributed by atoms with Gasteiger partial charge in [0.25, 0.3) is 0 Å². The number of nitrogens with one attached hydrogen (secondary N) is 1. The molecule has 0 aromatic rings. The third-order valence-electron chi connectivity index (χ3n) is 5.13. The van der Waals surface area contributed by atoms with Crippen LogP contribution in [0, 0.1) is 5.92 Å². The molecule has 2 amide bonds. The Morgan fingerprint density at radius 1 is 1.15 bits per heavy atom. The third kappa shape index (κ3) is 2.37. The van der Waals surface area contributed by atoms with Crippen LogP contribution in [0.3, 0.4) is 0 Å². The molecule has 3 saturated heterocycles. The Kier molecular flexibility index (Phi) is 3.58. The number of likely N-dealkylation sites (tertiary alicyclic amines) is 1. The summed E-state index contributed by atoms with van der Waals surface area (Å²) in [5, 5.41) is 12.3. The molecule has 0 aliphatic carbocycles. The molecule has 112 valence electrons. The van der Waals surface area contributed by atoms with Crippen molar-refractivity contribution in [2.45, 2.75) is 50.2 Å². The molecule has 0 radical (unpaired) electrons. The fourth-order valence-corrected chi connectivity index (χ4v) is 3.97. The maximum absolute atomic E-state index is 12.4. The lowest BCUT2D eigenvalue weighted by atomic mass is 9.89. The van der Waals surface area contributed by atoms with Crippen molar-refractivity contribution in [3.63, 3.8) is 0 Å². The minimum atomic E-state index is -0.755. The lowest BCUT2D eigenvalue weighted by molar-refractivity contribution is -0.142. The zero-order chi connectivity index (χ0) is 14.3. The van der Waals surface area contributed by atoms with Crippen molar-refractivity contribution in [3.05, 3.63) is 0 Å². The minimum absolute atomic E-state index is 0.0456. The number of piperidine rings is 1. The third-order valence-corrected chi connectivity index (χ3v) is 5.13. The number of rotatable bonds is 2. The molecule has 3 rings (SSSR count). The molecule has 2 N–H and O–H groups in total. The molecule has 6 heteroatoms. The van der Waals surface area contributed by atoms with Gasteiger partial charge in [0.15, 0.2) is 0 Å². The Balaban J connectivity index is 1.59. The fraction of sp³-hybridized carbons (Fsp3) is 0.857. The number of aliphatic carboxylic acids is 1. The van der Waals surface area contributed by atoms with E-state index in [9.17, 15) is 14.7 Å². The molecule has 3 heterocycles. The number of carbonyl (C=O) groups is 2. The van der Waals surface area contributed by atoms with Gasteiger partial charge in [-0.15, -0.1) is 0 Å². The van der Waals surface area contributed by atoms with E-state index in [0.717, 1.165) is 38.8 Å². The van der Waals surface area contributed by atoms with Crippen LogP contribution < -0.4 is 5.32 Å². The highest BCUT2D eigenvalue weighted by Crippen LogP contribution is 2.41. The molecule has 3 fully saturated rings. The first-order valence-corrected chi connectivity index (χ1v) is 7.56. The van der Waals surface area contributed by atoms with Crippen molar-refractivity contribution in [2.75, 3.05) is 20.1 Å². The second kappa shape index (κ2) is 5.24. The SMILES string of the molecule is CN1CCC(NC(=O)N2C3CCC2C(C(=O)O)C3)CC1. The van der Waals surface area contributed by atoms with E-state index >= 15 is 0 Å². The average Bonchev–Trinajstić information content (AvgIpc) is 2.99. The average molecular weight is 281 g/mol. The number of carboxylic acids is 1. The van der Waals surface area contributed by atoms with E-state index in [0.29, 0.717) is 6.42 Å². The van der Waals surface area contributed by atoms with Crippen molar-refractivity contribution in [3.8, 4) is 0 Å². The van der Waals surface area contributed by atoms with Crippen LogP contribution in [0.25, 0.3) is 0 Å². The molecule has 2 bridgehead atoms. The zero-order valence-corrected chi connectivity index (χ0v) is 11.9. The number of carbonyl (C=O) groups excluding carboxylic acids is 1. The monoisotopic (exact) mass is 281 g/mol. The van der Waals surface area contributed by atoms with Crippen LogP contribution in [-0.4, -0.2) is 65.2 Å². The highest BCUT2D eigenvalue weighted by molar-refractivity contribution is 5.79. The lowest BCUT2D eigenvalue weighted by Crippen LogP contribution is -2.50. The molecule has 0 aromatic heterocycles. The molecular formula is C14H23N3O3. The van der Waals surface area contributed by atoms with Gasteiger partial charge < -0.3 is 20.2 Å². The van der Waals surface area contributed by atoms with Crippen LogP contribution in [0.5, 0.6) is 0 Å². The Bertz CT molecular complexity index is 406. The number of nitrogens with zero attached hydrogens (tertiary/aromatic N) is 2. The van der Waals surface area contributed by atoms with Crippen LogP contribution in [0.1, 0.15) is 32.1 Å². The maximum Gasteiger partial charge on any atom is 0.318 e. The predicted octanol–water partition coefficient (Wildman–Crippen LogP) is 0.728.